The molecule has 0 saturated carbocycles. The molecular weight excluding hydrogens is 361 g/mol. The summed E-state index contributed by atoms with van der Waals surface area (Å²) in [6.45, 7) is 0. The monoisotopic (exact) mass is 379 g/mol. The van der Waals surface area contributed by atoms with Gasteiger partial charge in [0.2, 0.25) is 11.8 Å². The molecule has 3 aromatic carbocycles. The Labute approximate surface area is 160 Å². The van der Waals surface area contributed by atoms with E-state index in [1.165, 1.54) is 30.5 Å². The zero-order chi connectivity index (χ0) is 19.9. The molecule has 0 atom stereocenters. The van der Waals surface area contributed by atoms with Gasteiger partial charge in [0, 0.05) is 24.1 Å². The molecule has 0 aliphatic rings. The predicted octanol–water partition coefficient (Wildman–Crippen LogP) is 3.55. The van der Waals surface area contributed by atoms with E-state index in [1.54, 1.807) is 12.1 Å². The number of carbonyl (C=O) groups excluding carboxylic acids is 2. The van der Waals surface area contributed by atoms with E-state index in [-0.39, 0.29) is 24.5 Å². The summed E-state index contributed by atoms with van der Waals surface area (Å²) in [6.07, 6.45) is 1.26. The second kappa shape index (κ2) is 8.77. The number of fused-ring (bicyclic) bond motifs is 1. The molecule has 0 fully saturated rings. The van der Waals surface area contributed by atoms with Crippen molar-refractivity contribution in [3.05, 3.63) is 72.0 Å². The summed E-state index contributed by atoms with van der Waals surface area (Å²) in [4.78, 5) is 23.7. The van der Waals surface area contributed by atoms with Gasteiger partial charge in [-0.25, -0.2) is 9.82 Å². The smallest absolute Gasteiger partial charge is 0.240 e. The van der Waals surface area contributed by atoms with Gasteiger partial charge in [-0.15, -0.1) is 0 Å². The zero-order valence-corrected chi connectivity index (χ0v) is 14.9. The van der Waals surface area contributed by atoms with Crippen molar-refractivity contribution in [2.75, 3.05) is 5.32 Å². The summed E-state index contributed by atoms with van der Waals surface area (Å²) in [7, 11) is 0. The Balaban J connectivity index is 1.52. The highest BCUT2D eigenvalue weighted by atomic mass is 19.1. The van der Waals surface area contributed by atoms with Gasteiger partial charge in [0.25, 0.3) is 0 Å². The van der Waals surface area contributed by atoms with Crippen molar-refractivity contribution in [1.29, 1.82) is 0 Å². The van der Waals surface area contributed by atoms with Crippen LogP contribution in [-0.4, -0.2) is 23.1 Å². The van der Waals surface area contributed by atoms with Crippen molar-refractivity contribution >= 4 is 34.5 Å². The minimum Gasteiger partial charge on any atom is -0.507 e. The van der Waals surface area contributed by atoms with E-state index in [2.05, 4.69) is 15.8 Å². The molecule has 2 amide bonds. The minimum absolute atomic E-state index is 0.0434. The number of hydrazone groups is 1. The van der Waals surface area contributed by atoms with Gasteiger partial charge >= 0.3 is 0 Å². The number of phenolic OH excluding ortho intramolecular Hbond substituents is 1. The van der Waals surface area contributed by atoms with Crippen molar-refractivity contribution in [2.45, 2.75) is 12.8 Å². The average Bonchev–Trinajstić information content (AvgIpc) is 2.70. The lowest BCUT2D eigenvalue weighted by molar-refractivity contribution is -0.124. The summed E-state index contributed by atoms with van der Waals surface area (Å²) in [5, 5.41) is 18.2. The summed E-state index contributed by atoms with van der Waals surface area (Å²) in [5.74, 6) is -1.15. The first-order valence-electron chi connectivity index (χ1n) is 8.61. The lowest BCUT2D eigenvalue weighted by Crippen LogP contribution is -2.20. The molecule has 3 rings (SSSR count). The molecule has 6 nitrogen and oxygen atoms in total. The summed E-state index contributed by atoms with van der Waals surface area (Å²) in [6, 6.07) is 16.2. The molecule has 0 unspecified atom stereocenters. The van der Waals surface area contributed by atoms with E-state index >= 15 is 0 Å². The molecule has 142 valence electrons. The lowest BCUT2D eigenvalue weighted by Gasteiger charge is -2.05. The highest BCUT2D eigenvalue weighted by Gasteiger charge is 2.08. The third-order valence-corrected chi connectivity index (χ3v) is 4.04. The van der Waals surface area contributed by atoms with Gasteiger partial charge in [0.15, 0.2) is 0 Å². The Morgan fingerprint density at radius 3 is 2.46 bits per heavy atom. The van der Waals surface area contributed by atoms with Gasteiger partial charge in [0.05, 0.1) is 6.21 Å². The molecule has 0 saturated heterocycles. The van der Waals surface area contributed by atoms with E-state index < -0.39 is 11.7 Å². The molecule has 0 aliphatic carbocycles. The fourth-order valence-electron chi connectivity index (χ4n) is 2.63. The zero-order valence-electron chi connectivity index (χ0n) is 14.9. The van der Waals surface area contributed by atoms with E-state index in [9.17, 15) is 19.1 Å². The fourth-order valence-corrected chi connectivity index (χ4v) is 2.63. The molecule has 3 aromatic rings. The Hall–Kier alpha value is -3.74. The summed E-state index contributed by atoms with van der Waals surface area (Å²) < 4.78 is 12.8. The largest absolute Gasteiger partial charge is 0.507 e. The van der Waals surface area contributed by atoms with Gasteiger partial charge in [-0.2, -0.15) is 5.10 Å². The molecule has 0 heterocycles. The number of nitrogens with zero attached hydrogens (tertiary/aromatic N) is 1. The molecular formula is C21H18FN3O3. The molecule has 0 aromatic heterocycles. The van der Waals surface area contributed by atoms with Crippen LogP contribution in [0.15, 0.2) is 65.8 Å². The molecule has 28 heavy (non-hydrogen) atoms. The maximum absolute atomic E-state index is 12.8. The van der Waals surface area contributed by atoms with Crippen LogP contribution >= 0.6 is 0 Å². The molecule has 0 radical (unpaired) electrons. The van der Waals surface area contributed by atoms with Gasteiger partial charge in [0.1, 0.15) is 11.6 Å². The number of phenols is 1. The van der Waals surface area contributed by atoms with Crippen LogP contribution in [0, 0.1) is 5.82 Å². The number of hydrogen-bond donors (Lipinski definition) is 3. The van der Waals surface area contributed by atoms with E-state index in [4.69, 9.17) is 0 Å². The first-order chi connectivity index (χ1) is 13.5. The topological polar surface area (TPSA) is 90.8 Å². The van der Waals surface area contributed by atoms with E-state index in [0.29, 0.717) is 11.3 Å². The highest BCUT2D eigenvalue weighted by Crippen LogP contribution is 2.25. The quantitative estimate of drug-likeness (QED) is 0.452. The van der Waals surface area contributed by atoms with Crippen molar-refractivity contribution in [3.63, 3.8) is 0 Å². The van der Waals surface area contributed by atoms with Crippen molar-refractivity contribution in [2.24, 2.45) is 5.10 Å². The minimum atomic E-state index is -0.440. The first kappa shape index (κ1) is 19.0. The van der Waals surface area contributed by atoms with Crippen LogP contribution in [0.5, 0.6) is 5.75 Å². The molecule has 0 bridgehead atoms. The Kier molecular flexibility index (Phi) is 5.96. The Morgan fingerprint density at radius 1 is 0.964 bits per heavy atom. The van der Waals surface area contributed by atoms with Crippen molar-refractivity contribution < 1.29 is 19.1 Å². The second-order valence-electron chi connectivity index (χ2n) is 6.07. The van der Waals surface area contributed by atoms with E-state index in [0.717, 1.165) is 10.8 Å². The third-order valence-electron chi connectivity index (χ3n) is 4.04. The molecule has 7 heteroatoms. The third kappa shape index (κ3) is 4.91. The average molecular weight is 379 g/mol. The standard InChI is InChI=1S/C21H18FN3O3/c22-15-6-8-16(9-7-15)24-20(27)11-12-21(28)25-23-13-18-17-4-2-1-3-14(17)5-10-19(18)26/h1-10,13,26H,11-12H2,(H,24,27)(H,25,28). The maximum atomic E-state index is 12.8. The normalized spacial score (nSPS) is 10.9. The van der Waals surface area contributed by atoms with Crippen LogP contribution < -0.4 is 10.7 Å². The predicted molar refractivity (Wildman–Crippen MR) is 106 cm³/mol. The van der Waals surface area contributed by atoms with Crippen LogP contribution in [0.2, 0.25) is 0 Å². The Morgan fingerprint density at radius 2 is 1.68 bits per heavy atom. The lowest BCUT2D eigenvalue weighted by atomic mass is 10.0. The number of aromatic hydroxyl groups is 1. The van der Waals surface area contributed by atoms with Gasteiger partial charge in [-0.3, -0.25) is 9.59 Å². The van der Waals surface area contributed by atoms with Gasteiger partial charge < -0.3 is 10.4 Å². The first-order valence-corrected chi connectivity index (χ1v) is 8.61. The maximum Gasteiger partial charge on any atom is 0.240 e. The molecule has 3 N–H and O–H groups in total. The summed E-state index contributed by atoms with van der Waals surface area (Å²) >= 11 is 0. The van der Waals surface area contributed by atoms with Crippen LogP contribution in [0.25, 0.3) is 10.8 Å². The number of carbonyl (C=O) groups is 2. The van der Waals surface area contributed by atoms with Gasteiger partial charge in [-0.1, -0.05) is 30.3 Å². The van der Waals surface area contributed by atoms with Crippen LogP contribution in [0.3, 0.4) is 0 Å². The second-order valence-corrected chi connectivity index (χ2v) is 6.07. The van der Waals surface area contributed by atoms with Crippen LogP contribution in [-0.2, 0) is 9.59 Å². The Bertz CT molecular complexity index is 1030. The fraction of sp³-hybridized carbons (Fsp3) is 0.0952. The molecule has 0 aliphatic heterocycles. The number of hydrogen-bond acceptors (Lipinski definition) is 4. The van der Waals surface area contributed by atoms with Crippen molar-refractivity contribution in [1.82, 2.24) is 5.43 Å². The molecule has 0 spiro atoms. The van der Waals surface area contributed by atoms with Crippen LogP contribution in [0.4, 0.5) is 10.1 Å². The summed E-state index contributed by atoms with van der Waals surface area (Å²) in [5.41, 5.74) is 3.29. The van der Waals surface area contributed by atoms with Crippen molar-refractivity contribution in [3.8, 4) is 5.75 Å². The SMILES string of the molecule is O=C(CCC(=O)Nc1ccc(F)cc1)NN=Cc1c(O)ccc2ccccc12. The number of amides is 2. The number of nitrogens with one attached hydrogen (secondary N) is 2. The van der Waals surface area contributed by atoms with E-state index in [1.807, 2.05) is 24.3 Å². The number of halogens is 1. The highest BCUT2D eigenvalue weighted by molar-refractivity contribution is 6.02. The number of anilines is 1. The number of rotatable bonds is 6. The number of benzene rings is 3. The van der Waals surface area contributed by atoms with Gasteiger partial charge in [-0.05, 0) is 41.1 Å². The van der Waals surface area contributed by atoms with Crippen LogP contribution in [0.1, 0.15) is 18.4 Å².